The number of rotatable bonds is 2. The Kier molecular flexibility index (Phi) is 1.28. The molecule has 0 aromatic heterocycles. The van der Waals surface area contributed by atoms with Gasteiger partial charge >= 0.3 is 0 Å². The molecule has 3 rings (SSSR count). The molecule has 72 valence electrons. The highest BCUT2D eigenvalue weighted by Crippen LogP contribution is 2.63. The van der Waals surface area contributed by atoms with Crippen LogP contribution in [0.5, 0.6) is 0 Å². The highest BCUT2D eigenvalue weighted by atomic mass is 16.6. The third kappa shape index (κ3) is 0.779. The van der Waals surface area contributed by atoms with Gasteiger partial charge in [0.05, 0.1) is 0 Å². The van der Waals surface area contributed by atoms with Crippen molar-refractivity contribution in [1.82, 2.24) is 4.90 Å². The predicted molar refractivity (Wildman–Crippen MR) is 51.3 cm³/mol. The van der Waals surface area contributed by atoms with Crippen molar-refractivity contribution in [2.24, 2.45) is 5.41 Å². The number of nitrogens with zero attached hydrogens (tertiary/aromatic N) is 1. The van der Waals surface area contributed by atoms with Crippen LogP contribution in [0.1, 0.15) is 26.7 Å². The van der Waals surface area contributed by atoms with Crippen LogP contribution in [0.2, 0.25) is 0 Å². The maximum Gasteiger partial charge on any atom is 0.145 e. The maximum absolute atomic E-state index is 5.32. The van der Waals surface area contributed by atoms with Crippen molar-refractivity contribution in [3.05, 3.63) is 11.3 Å². The van der Waals surface area contributed by atoms with Crippen LogP contribution in [0.25, 0.3) is 0 Å². The van der Waals surface area contributed by atoms with Crippen molar-refractivity contribution in [3.63, 3.8) is 0 Å². The van der Waals surface area contributed by atoms with E-state index in [0.29, 0.717) is 5.41 Å². The summed E-state index contributed by atoms with van der Waals surface area (Å²) in [6.45, 7) is 5.48. The second-order valence-electron chi connectivity index (χ2n) is 4.73. The van der Waals surface area contributed by atoms with E-state index in [1.54, 1.807) is 5.57 Å². The van der Waals surface area contributed by atoms with Gasteiger partial charge in [-0.1, -0.05) is 6.92 Å². The molecule has 2 heteroatoms. The van der Waals surface area contributed by atoms with Gasteiger partial charge in [0.1, 0.15) is 12.4 Å². The van der Waals surface area contributed by atoms with Crippen LogP contribution < -0.4 is 0 Å². The van der Waals surface area contributed by atoms with Crippen LogP contribution >= 0.6 is 0 Å². The molecule has 0 N–H and O–H groups in total. The number of fused-ring (bicyclic) bond motifs is 1. The van der Waals surface area contributed by atoms with E-state index < -0.39 is 0 Å². The van der Waals surface area contributed by atoms with Crippen molar-refractivity contribution in [2.75, 3.05) is 13.7 Å². The quantitative estimate of drug-likeness (QED) is 0.600. The first-order valence-corrected chi connectivity index (χ1v) is 5.25. The third-order valence-electron chi connectivity index (χ3n) is 4.46. The minimum atomic E-state index is 0.491. The fourth-order valence-electron chi connectivity index (χ4n) is 3.27. The smallest absolute Gasteiger partial charge is 0.145 e. The van der Waals surface area contributed by atoms with Crippen molar-refractivity contribution in [2.45, 2.75) is 38.8 Å². The lowest BCUT2D eigenvalue weighted by Gasteiger charge is -2.39. The molecule has 2 heterocycles. The Morgan fingerprint density at radius 2 is 2.38 bits per heavy atom. The molecular formula is C11H17NO. The van der Waals surface area contributed by atoms with Crippen LogP contribution in [-0.2, 0) is 4.74 Å². The predicted octanol–water partition coefficient (Wildman–Crippen LogP) is 1.77. The first-order valence-electron chi connectivity index (χ1n) is 5.25. The summed E-state index contributed by atoms with van der Waals surface area (Å²) >= 11 is 0. The Labute approximate surface area is 79.6 Å². The van der Waals surface area contributed by atoms with Gasteiger partial charge in [-0.25, -0.2) is 0 Å². The van der Waals surface area contributed by atoms with Gasteiger partial charge in [0.25, 0.3) is 0 Å². The number of hydrogen-bond donors (Lipinski definition) is 0. The van der Waals surface area contributed by atoms with Crippen LogP contribution in [-0.4, -0.2) is 30.6 Å². The van der Waals surface area contributed by atoms with Gasteiger partial charge in [-0.3, -0.25) is 4.90 Å². The lowest BCUT2D eigenvalue weighted by molar-refractivity contribution is 0.229. The summed E-state index contributed by atoms with van der Waals surface area (Å²) < 4.78 is 5.32. The molecule has 13 heavy (non-hydrogen) atoms. The molecule has 0 spiro atoms. The number of ether oxygens (including phenoxy) is 1. The van der Waals surface area contributed by atoms with E-state index in [2.05, 4.69) is 25.8 Å². The van der Waals surface area contributed by atoms with Crippen LogP contribution in [0.4, 0.5) is 0 Å². The average Bonchev–Trinajstić information content (AvgIpc) is 2.91. The van der Waals surface area contributed by atoms with E-state index in [1.165, 1.54) is 18.6 Å². The van der Waals surface area contributed by atoms with Crippen molar-refractivity contribution in [1.29, 1.82) is 0 Å². The second kappa shape index (κ2) is 2.11. The molecule has 4 unspecified atom stereocenters. The Morgan fingerprint density at radius 1 is 1.69 bits per heavy atom. The van der Waals surface area contributed by atoms with E-state index in [0.717, 1.165) is 18.7 Å². The molecule has 0 aromatic rings. The second-order valence-corrected chi connectivity index (χ2v) is 4.73. The Balaban J connectivity index is 1.90. The molecule has 1 aliphatic carbocycles. The molecule has 3 fully saturated rings. The zero-order chi connectivity index (χ0) is 9.22. The van der Waals surface area contributed by atoms with Gasteiger partial charge in [0, 0.05) is 17.5 Å². The van der Waals surface area contributed by atoms with Gasteiger partial charge in [-0.15, -0.1) is 0 Å². The summed E-state index contributed by atoms with van der Waals surface area (Å²) in [5.74, 6) is 1.28. The fourth-order valence-corrected chi connectivity index (χ4v) is 3.27. The van der Waals surface area contributed by atoms with E-state index in [-0.39, 0.29) is 0 Å². The zero-order valence-corrected chi connectivity index (χ0v) is 8.63. The topological polar surface area (TPSA) is 15.5 Å². The number of epoxide rings is 1. The third-order valence-corrected chi connectivity index (χ3v) is 4.46. The first-order chi connectivity index (χ1) is 6.20. The summed E-state index contributed by atoms with van der Waals surface area (Å²) in [7, 11) is 2.25. The first kappa shape index (κ1) is 7.86. The average molecular weight is 179 g/mol. The standard InChI is InChI=1S/C11H17NO/c1-4-11(7(2)9-6-13-9)5-8-10(11)12(8)3/h8,10H,4-6H2,1-3H3/b9-7+. The molecule has 2 saturated heterocycles. The van der Waals surface area contributed by atoms with Crippen molar-refractivity contribution in [3.8, 4) is 0 Å². The SMILES string of the molecule is CCC1(/C(C)=C2\CO2)CC2C1N2C. The molecular weight excluding hydrogens is 162 g/mol. The Morgan fingerprint density at radius 3 is 2.69 bits per heavy atom. The number of likely N-dealkylation sites (tertiary alicyclic amines) is 1. The minimum Gasteiger partial charge on any atom is -0.486 e. The van der Waals surface area contributed by atoms with E-state index in [4.69, 9.17) is 4.74 Å². The zero-order valence-electron chi connectivity index (χ0n) is 8.63. The molecule has 2 aliphatic heterocycles. The molecule has 2 nitrogen and oxygen atoms in total. The van der Waals surface area contributed by atoms with Crippen LogP contribution in [0.15, 0.2) is 11.3 Å². The number of likely N-dealkylation sites (N-methyl/N-ethyl adjacent to an activating group) is 1. The van der Waals surface area contributed by atoms with Gasteiger partial charge in [-0.05, 0) is 32.4 Å². The fraction of sp³-hybridized carbons (Fsp3) is 0.818. The normalized spacial score (nSPS) is 54.5. The van der Waals surface area contributed by atoms with E-state index in [1.807, 2.05) is 0 Å². The molecule has 0 amide bonds. The highest BCUT2D eigenvalue weighted by molar-refractivity contribution is 5.36. The lowest BCUT2D eigenvalue weighted by Crippen LogP contribution is -2.39. The Bertz CT molecular complexity index is 286. The monoisotopic (exact) mass is 179 g/mol. The summed E-state index contributed by atoms with van der Waals surface area (Å²) in [5, 5.41) is 0. The Hall–Kier alpha value is -0.500. The molecule has 0 radical (unpaired) electrons. The van der Waals surface area contributed by atoms with Gasteiger partial charge < -0.3 is 4.74 Å². The number of hydrogen-bond acceptors (Lipinski definition) is 2. The van der Waals surface area contributed by atoms with E-state index in [9.17, 15) is 0 Å². The summed E-state index contributed by atoms with van der Waals surface area (Å²) in [4.78, 5) is 2.51. The highest BCUT2D eigenvalue weighted by Gasteiger charge is 2.68. The van der Waals surface area contributed by atoms with Crippen molar-refractivity contribution >= 4 is 0 Å². The lowest BCUT2D eigenvalue weighted by atomic mass is 9.62. The van der Waals surface area contributed by atoms with Gasteiger partial charge in [0.2, 0.25) is 0 Å². The largest absolute Gasteiger partial charge is 0.486 e. The molecule has 0 bridgehead atoms. The van der Waals surface area contributed by atoms with Gasteiger partial charge in [-0.2, -0.15) is 0 Å². The summed E-state index contributed by atoms with van der Waals surface area (Å²) in [6.07, 6.45) is 2.64. The van der Waals surface area contributed by atoms with Crippen LogP contribution in [0, 0.1) is 5.41 Å². The molecule has 0 aromatic carbocycles. The molecule has 3 aliphatic rings. The summed E-state index contributed by atoms with van der Waals surface area (Å²) in [5.41, 5.74) is 2.03. The molecule has 4 atom stereocenters. The molecule has 1 saturated carbocycles. The van der Waals surface area contributed by atoms with E-state index >= 15 is 0 Å². The van der Waals surface area contributed by atoms with Crippen molar-refractivity contribution < 1.29 is 4.74 Å². The maximum atomic E-state index is 5.32. The minimum absolute atomic E-state index is 0.491. The summed E-state index contributed by atoms with van der Waals surface area (Å²) in [6, 6.07) is 1.74. The van der Waals surface area contributed by atoms with Crippen LogP contribution in [0.3, 0.4) is 0 Å². The van der Waals surface area contributed by atoms with Gasteiger partial charge in [0.15, 0.2) is 0 Å².